The molecular formula is C17H16BrNO4S. The van der Waals surface area contributed by atoms with E-state index in [0.29, 0.717) is 10.6 Å². The molecule has 1 aromatic carbocycles. The van der Waals surface area contributed by atoms with Gasteiger partial charge in [-0.3, -0.25) is 14.4 Å². The molecule has 1 aromatic heterocycles. The SMILES string of the molecule is C[C@@H](OC(=O)CCC(=O)c1cccs1)C(=O)Nc1ccc(Br)cc1. The van der Waals surface area contributed by atoms with Gasteiger partial charge in [0.1, 0.15) is 0 Å². The number of carbonyl (C=O) groups excluding carboxylic acids is 3. The van der Waals surface area contributed by atoms with Crippen molar-refractivity contribution in [2.75, 3.05) is 5.32 Å². The highest BCUT2D eigenvalue weighted by molar-refractivity contribution is 9.10. The van der Waals surface area contributed by atoms with E-state index >= 15 is 0 Å². The number of amides is 1. The first-order chi connectivity index (χ1) is 11.5. The molecule has 0 saturated heterocycles. The predicted octanol–water partition coefficient (Wildman–Crippen LogP) is 4.04. The molecule has 2 aromatic rings. The average Bonchev–Trinajstić information content (AvgIpc) is 3.09. The van der Waals surface area contributed by atoms with Crippen molar-refractivity contribution in [3.05, 3.63) is 51.1 Å². The minimum absolute atomic E-state index is 0.0490. The summed E-state index contributed by atoms with van der Waals surface area (Å²) in [6.45, 7) is 1.49. The van der Waals surface area contributed by atoms with Crippen LogP contribution >= 0.6 is 27.3 Å². The Balaban J connectivity index is 1.77. The van der Waals surface area contributed by atoms with Crippen LogP contribution in [0.5, 0.6) is 0 Å². The molecule has 7 heteroatoms. The molecule has 5 nitrogen and oxygen atoms in total. The number of Topliss-reactive ketones (excluding diaryl/α,β-unsaturated/α-hetero) is 1. The van der Waals surface area contributed by atoms with Crippen LogP contribution in [0.3, 0.4) is 0 Å². The number of rotatable bonds is 7. The van der Waals surface area contributed by atoms with E-state index in [1.165, 1.54) is 18.3 Å². The van der Waals surface area contributed by atoms with E-state index in [-0.39, 0.29) is 18.6 Å². The van der Waals surface area contributed by atoms with Crippen molar-refractivity contribution in [2.45, 2.75) is 25.9 Å². The van der Waals surface area contributed by atoms with Crippen molar-refractivity contribution < 1.29 is 19.1 Å². The first-order valence-electron chi connectivity index (χ1n) is 7.28. The monoisotopic (exact) mass is 409 g/mol. The topological polar surface area (TPSA) is 72.5 Å². The molecule has 2 rings (SSSR count). The van der Waals surface area contributed by atoms with Gasteiger partial charge in [0.15, 0.2) is 11.9 Å². The van der Waals surface area contributed by atoms with Crippen LogP contribution in [0.25, 0.3) is 0 Å². The lowest BCUT2D eigenvalue weighted by Gasteiger charge is -2.13. The highest BCUT2D eigenvalue weighted by Gasteiger charge is 2.19. The summed E-state index contributed by atoms with van der Waals surface area (Å²) >= 11 is 4.64. The second-order valence-corrected chi connectivity index (χ2v) is 6.89. The molecule has 1 amide bonds. The summed E-state index contributed by atoms with van der Waals surface area (Å²) in [6, 6.07) is 10.6. The largest absolute Gasteiger partial charge is 0.453 e. The van der Waals surface area contributed by atoms with Gasteiger partial charge in [0.2, 0.25) is 0 Å². The maximum atomic E-state index is 12.0. The molecule has 0 saturated carbocycles. The van der Waals surface area contributed by atoms with E-state index < -0.39 is 18.0 Å². The van der Waals surface area contributed by atoms with Crippen molar-refractivity contribution in [1.82, 2.24) is 0 Å². The zero-order valence-corrected chi connectivity index (χ0v) is 15.4. The Morgan fingerprint density at radius 2 is 1.88 bits per heavy atom. The van der Waals surface area contributed by atoms with Gasteiger partial charge in [0.05, 0.1) is 11.3 Å². The van der Waals surface area contributed by atoms with E-state index in [4.69, 9.17) is 4.74 Å². The Morgan fingerprint density at radius 1 is 1.17 bits per heavy atom. The summed E-state index contributed by atoms with van der Waals surface area (Å²) in [5.74, 6) is -1.09. The van der Waals surface area contributed by atoms with Gasteiger partial charge in [0.25, 0.3) is 5.91 Å². The average molecular weight is 410 g/mol. The molecule has 0 unspecified atom stereocenters. The zero-order valence-electron chi connectivity index (χ0n) is 13.0. The molecule has 1 N–H and O–H groups in total. The second kappa shape index (κ2) is 8.75. The van der Waals surface area contributed by atoms with Crippen LogP contribution < -0.4 is 5.32 Å². The van der Waals surface area contributed by atoms with E-state index in [0.717, 1.165) is 4.47 Å². The number of ether oxygens (including phenoxy) is 1. The van der Waals surface area contributed by atoms with E-state index in [9.17, 15) is 14.4 Å². The van der Waals surface area contributed by atoms with Gasteiger partial charge in [-0.2, -0.15) is 0 Å². The van der Waals surface area contributed by atoms with Crippen LogP contribution in [0.15, 0.2) is 46.3 Å². The van der Waals surface area contributed by atoms with Crippen molar-refractivity contribution in [1.29, 1.82) is 0 Å². The van der Waals surface area contributed by atoms with E-state index in [2.05, 4.69) is 21.2 Å². The Bertz CT molecular complexity index is 713. The van der Waals surface area contributed by atoms with Gasteiger partial charge in [-0.25, -0.2) is 0 Å². The lowest BCUT2D eigenvalue weighted by molar-refractivity contribution is -0.153. The highest BCUT2D eigenvalue weighted by Crippen LogP contribution is 2.15. The molecule has 0 fully saturated rings. The molecule has 0 aliphatic heterocycles. The number of esters is 1. The van der Waals surface area contributed by atoms with E-state index in [1.807, 2.05) is 0 Å². The molecule has 1 atom stereocenters. The molecular weight excluding hydrogens is 394 g/mol. The third-order valence-electron chi connectivity index (χ3n) is 3.14. The quantitative estimate of drug-likeness (QED) is 0.552. The number of anilines is 1. The number of halogens is 1. The maximum Gasteiger partial charge on any atom is 0.307 e. The summed E-state index contributed by atoms with van der Waals surface area (Å²) in [5, 5.41) is 4.46. The second-order valence-electron chi connectivity index (χ2n) is 5.03. The summed E-state index contributed by atoms with van der Waals surface area (Å²) in [7, 11) is 0. The van der Waals surface area contributed by atoms with Crippen LogP contribution in [-0.4, -0.2) is 23.8 Å². The number of ketones is 1. The number of benzene rings is 1. The van der Waals surface area contributed by atoms with Gasteiger partial charge in [0, 0.05) is 16.6 Å². The number of hydrogen-bond acceptors (Lipinski definition) is 5. The summed E-state index contributed by atoms with van der Waals surface area (Å²) < 4.78 is 5.97. The van der Waals surface area contributed by atoms with Crippen molar-refractivity contribution in [3.63, 3.8) is 0 Å². The van der Waals surface area contributed by atoms with Crippen molar-refractivity contribution in [2.24, 2.45) is 0 Å². The van der Waals surface area contributed by atoms with Crippen molar-refractivity contribution >= 4 is 50.6 Å². The van der Waals surface area contributed by atoms with Gasteiger partial charge >= 0.3 is 5.97 Å². The Kier molecular flexibility index (Phi) is 6.69. The normalized spacial score (nSPS) is 11.6. The van der Waals surface area contributed by atoms with Crippen LogP contribution in [0.1, 0.15) is 29.4 Å². The molecule has 0 bridgehead atoms. The van der Waals surface area contributed by atoms with Crippen LogP contribution in [-0.2, 0) is 14.3 Å². The van der Waals surface area contributed by atoms with Crippen LogP contribution in [0, 0.1) is 0 Å². The third-order valence-corrected chi connectivity index (χ3v) is 4.58. The lowest BCUT2D eigenvalue weighted by Crippen LogP contribution is -2.30. The smallest absolute Gasteiger partial charge is 0.307 e. The fraction of sp³-hybridized carbons (Fsp3) is 0.235. The third kappa shape index (κ3) is 5.58. The van der Waals surface area contributed by atoms with Gasteiger partial charge < -0.3 is 10.1 Å². The summed E-state index contributed by atoms with van der Waals surface area (Å²) in [5.41, 5.74) is 0.610. The molecule has 0 aliphatic rings. The Morgan fingerprint density at radius 3 is 2.50 bits per heavy atom. The van der Waals surface area contributed by atoms with Crippen molar-refractivity contribution in [3.8, 4) is 0 Å². The fourth-order valence-electron chi connectivity index (χ4n) is 1.86. The first kappa shape index (κ1) is 18.4. The molecule has 24 heavy (non-hydrogen) atoms. The molecule has 0 spiro atoms. The number of nitrogens with one attached hydrogen (secondary N) is 1. The first-order valence-corrected chi connectivity index (χ1v) is 8.95. The molecule has 1 heterocycles. The molecule has 126 valence electrons. The minimum Gasteiger partial charge on any atom is -0.453 e. The highest BCUT2D eigenvalue weighted by atomic mass is 79.9. The zero-order chi connectivity index (χ0) is 17.5. The standard InChI is InChI=1S/C17H16BrNO4S/c1-11(17(22)19-13-6-4-12(18)5-7-13)23-16(21)9-8-14(20)15-3-2-10-24-15/h2-7,10-11H,8-9H2,1H3,(H,19,22)/t11-/m1/s1. The van der Waals surface area contributed by atoms with Crippen LogP contribution in [0.4, 0.5) is 5.69 Å². The van der Waals surface area contributed by atoms with Crippen LogP contribution in [0.2, 0.25) is 0 Å². The maximum absolute atomic E-state index is 12.0. The summed E-state index contributed by atoms with van der Waals surface area (Å²) in [6.07, 6.45) is -0.912. The lowest BCUT2D eigenvalue weighted by atomic mass is 10.2. The minimum atomic E-state index is -0.932. The fourth-order valence-corrected chi connectivity index (χ4v) is 2.82. The number of hydrogen-bond donors (Lipinski definition) is 1. The Hall–Kier alpha value is -1.99. The Labute approximate surface area is 152 Å². The van der Waals surface area contributed by atoms with Gasteiger partial charge in [-0.1, -0.05) is 22.0 Å². The van der Waals surface area contributed by atoms with E-state index in [1.54, 1.807) is 41.8 Å². The number of carbonyl (C=O) groups is 3. The number of thiophene rings is 1. The molecule has 0 radical (unpaired) electrons. The summed E-state index contributed by atoms with van der Waals surface area (Å²) in [4.78, 5) is 36.2. The van der Waals surface area contributed by atoms with Gasteiger partial charge in [-0.15, -0.1) is 11.3 Å². The predicted molar refractivity (Wildman–Crippen MR) is 96.2 cm³/mol. The van der Waals surface area contributed by atoms with Gasteiger partial charge in [-0.05, 0) is 42.6 Å². The molecule has 0 aliphatic carbocycles.